The van der Waals surface area contributed by atoms with Crippen molar-refractivity contribution in [1.82, 2.24) is 4.98 Å². The molecule has 0 bridgehead atoms. The molecule has 0 aliphatic carbocycles. The van der Waals surface area contributed by atoms with Crippen LogP contribution in [0.25, 0.3) is 0 Å². The molecule has 1 saturated heterocycles. The minimum atomic E-state index is 0.205. The number of pyridine rings is 1. The third-order valence-electron chi connectivity index (χ3n) is 4.12. The minimum Gasteiger partial charge on any atom is -0.357 e. The van der Waals surface area contributed by atoms with E-state index in [4.69, 9.17) is 5.73 Å². The highest BCUT2D eigenvalue weighted by Crippen LogP contribution is 2.23. The van der Waals surface area contributed by atoms with Gasteiger partial charge in [0.1, 0.15) is 5.82 Å². The zero-order valence-electron chi connectivity index (χ0n) is 12.3. The summed E-state index contributed by atoms with van der Waals surface area (Å²) in [5.41, 5.74) is 7.05. The van der Waals surface area contributed by atoms with Crippen molar-refractivity contribution in [2.75, 3.05) is 18.0 Å². The fraction of sp³-hybridized carbons (Fsp3) is 0.688. The number of anilines is 1. The van der Waals surface area contributed by atoms with Gasteiger partial charge in [0.05, 0.1) is 0 Å². The molecule has 1 fully saturated rings. The molecule has 1 aliphatic heterocycles. The van der Waals surface area contributed by atoms with Crippen molar-refractivity contribution >= 4 is 5.82 Å². The Balaban J connectivity index is 1.97. The Morgan fingerprint density at radius 2 is 2.21 bits per heavy atom. The van der Waals surface area contributed by atoms with Crippen molar-refractivity contribution in [2.24, 2.45) is 11.7 Å². The first-order chi connectivity index (χ1) is 9.19. The molecular weight excluding hydrogens is 234 g/mol. The van der Waals surface area contributed by atoms with E-state index in [2.05, 4.69) is 28.9 Å². The molecule has 0 spiro atoms. The van der Waals surface area contributed by atoms with Crippen molar-refractivity contribution in [3.8, 4) is 0 Å². The number of rotatable bonds is 4. The lowest BCUT2D eigenvalue weighted by Crippen LogP contribution is -2.25. The summed E-state index contributed by atoms with van der Waals surface area (Å²) in [7, 11) is 0. The predicted octanol–water partition coefficient (Wildman–Crippen LogP) is 2.99. The lowest BCUT2D eigenvalue weighted by Gasteiger charge is -2.22. The maximum absolute atomic E-state index is 5.82. The van der Waals surface area contributed by atoms with Gasteiger partial charge in [-0.15, -0.1) is 0 Å². The standard InChI is InChI=1S/C16H27N3/c1-3-14-5-4-9-19(10-8-14)16-7-6-15(12-18-16)11-13(2)17/h6-7,12-14H,3-5,8-11,17H2,1-2H3. The molecule has 19 heavy (non-hydrogen) atoms. The van der Waals surface area contributed by atoms with Gasteiger partial charge in [-0.25, -0.2) is 4.98 Å². The number of hydrogen-bond acceptors (Lipinski definition) is 3. The van der Waals surface area contributed by atoms with Crippen molar-refractivity contribution in [2.45, 2.75) is 52.0 Å². The zero-order chi connectivity index (χ0) is 13.7. The first kappa shape index (κ1) is 14.3. The van der Waals surface area contributed by atoms with Gasteiger partial charge >= 0.3 is 0 Å². The summed E-state index contributed by atoms with van der Waals surface area (Å²) in [6, 6.07) is 4.54. The molecule has 106 valence electrons. The number of aromatic nitrogens is 1. The molecule has 2 rings (SSSR count). The molecule has 1 aliphatic rings. The van der Waals surface area contributed by atoms with Crippen LogP contribution in [-0.2, 0) is 6.42 Å². The van der Waals surface area contributed by atoms with E-state index in [1.807, 2.05) is 13.1 Å². The molecule has 2 heterocycles. The van der Waals surface area contributed by atoms with Gasteiger partial charge in [0, 0.05) is 25.3 Å². The van der Waals surface area contributed by atoms with Gasteiger partial charge in [-0.2, -0.15) is 0 Å². The van der Waals surface area contributed by atoms with Crippen LogP contribution < -0.4 is 10.6 Å². The lowest BCUT2D eigenvalue weighted by molar-refractivity contribution is 0.459. The Bertz CT molecular complexity index is 372. The average Bonchev–Trinajstić information content (AvgIpc) is 2.64. The molecule has 2 atom stereocenters. The fourth-order valence-electron chi connectivity index (χ4n) is 2.90. The highest BCUT2D eigenvalue weighted by Gasteiger charge is 2.16. The van der Waals surface area contributed by atoms with Crippen LogP contribution in [0, 0.1) is 5.92 Å². The summed E-state index contributed by atoms with van der Waals surface area (Å²) in [4.78, 5) is 7.05. The second kappa shape index (κ2) is 6.90. The van der Waals surface area contributed by atoms with E-state index < -0.39 is 0 Å². The second-order valence-electron chi connectivity index (χ2n) is 5.90. The Labute approximate surface area is 117 Å². The van der Waals surface area contributed by atoms with Crippen molar-refractivity contribution in [3.05, 3.63) is 23.9 Å². The summed E-state index contributed by atoms with van der Waals surface area (Å²) in [5, 5.41) is 0. The van der Waals surface area contributed by atoms with Crippen molar-refractivity contribution in [3.63, 3.8) is 0 Å². The summed E-state index contributed by atoms with van der Waals surface area (Å²) < 4.78 is 0. The fourth-order valence-corrected chi connectivity index (χ4v) is 2.90. The van der Waals surface area contributed by atoms with Gasteiger partial charge in [-0.1, -0.05) is 19.4 Å². The number of nitrogens with two attached hydrogens (primary N) is 1. The monoisotopic (exact) mass is 261 g/mol. The van der Waals surface area contributed by atoms with Gasteiger partial charge < -0.3 is 10.6 Å². The van der Waals surface area contributed by atoms with Crippen LogP contribution in [-0.4, -0.2) is 24.1 Å². The zero-order valence-corrected chi connectivity index (χ0v) is 12.3. The van der Waals surface area contributed by atoms with Gasteiger partial charge in [-0.3, -0.25) is 0 Å². The van der Waals surface area contributed by atoms with Crippen LogP contribution >= 0.6 is 0 Å². The van der Waals surface area contributed by atoms with E-state index in [1.165, 1.54) is 31.2 Å². The molecule has 3 nitrogen and oxygen atoms in total. The van der Waals surface area contributed by atoms with Crippen LogP contribution in [0.3, 0.4) is 0 Å². The molecule has 0 amide bonds. The second-order valence-corrected chi connectivity index (χ2v) is 5.90. The largest absolute Gasteiger partial charge is 0.357 e. The highest BCUT2D eigenvalue weighted by atomic mass is 15.2. The number of hydrogen-bond donors (Lipinski definition) is 1. The normalized spacial score (nSPS) is 22.1. The predicted molar refractivity (Wildman–Crippen MR) is 81.4 cm³/mol. The summed E-state index contributed by atoms with van der Waals surface area (Å²) in [6.45, 7) is 6.64. The molecule has 1 aromatic heterocycles. The van der Waals surface area contributed by atoms with Crippen LogP contribution in [0.4, 0.5) is 5.82 Å². The van der Waals surface area contributed by atoms with E-state index >= 15 is 0 Å². The molecular formula is C16H27N3. The highest BCUT2D eigenvalue weighted by molar-refractivity contribution is 5.39. The molecule has 0 radical (unpaired) electrons. The quantitative estimate of drug-likeness (QED) is 0.906. The van der Waals surface area contributed by atoms with Crippen LogP contribution in [0.1, 0.15) is 45.1 Å². The average molecular weight is 261 g/mol. The molecule has 2 unspecified atom stereocenters. The first-order valence-corrected chi connectivity index (χ1v) is 7.64. The van der Waals surface area contributed by atoms with Crippen LogP contribution in [0.15, 0.2) is 18.3 Å². The number of nitrogens with zero attached hydrogens (tertiary/aromatic N) is 2. The summed E-state index contributed by atoms with van der Waals surface area (Å²) in [6.07, 6.45) is 8.18. The molecule has 3 heteroatoms. The van der Waals surface area contributed by atoms with E-state index in [0.29, 0.717) is 0 Å². The molecule has 2 N–H and O–H groups in total. The topological polar surface area (TPSA) is 42.1 Å². The summed E-state index contributed by atoms with van der Waals surface area (Å²) in [5.74, 6) is 2.03. The summed E-state index contributed by atoms with van der Waals surface area (Å²) >= 11 is 0. The van der Waals surface area contributed by atoms with Crippen LogP contribution in [0.5, 0.6) is 0 Å². The third kappa shape index (κ3) is 4.20. The molecule has 1 aromatic rings. The third-order valence-corrected chi connectivity index (χ3v) is 4.12. The van der Waals surface area contributed by atoms with E-state index in [1.54, 1.807) is 0 Å². The van der Waals surface area contributed by atoms with Crippen LogP contribution in [0.2, 0.25) is 0 Å². The molecule has 0 aromatic carbocycles. The first-order valence-electron chi connectivity index (χ1n) is 7.64. The van der Waals surface area contributed by atoms with Crippen molar-refractivity contribution < 1.29 is 0 Å². The Kier molecular flexibility index (Phi) is 5.20. The van der Waals surface area contributed by atoms with Crippen molar-refractivity contribution in [1.29, 1.82) is 0 Å². The van der Waals surface area contributed by atoms with Gasteiger partial charge in [0.15, 0.2) is 0 Å². The van der Waals surface area contributed by atoms with E-state index in [9.17, 15) is 0 Å². The van der Waals surface area contributed by atoms with E-state index in [-0.39, 0.29) is 6.04 Å². The smallest absolute Gasteiger partial charge is 0.128 e. The van der Waals surface area contributed by atoms with Gasteiger partial charge in [-0.05, 0) is 50.2 Å². The Morgan fingerprint density at radius 1 is 1.37 bits per heavy atom. The van der Waals surface area contributed by atoms with Gasteiger partial charge in [0.25, 0.3) is 0 Å². The minimum absolute atomic E-state index is 0.205. The maximum atomic E-state index is 5.82. The van der Waals surface area contributed by atoms with Gasteiger partial charge in [0.2, 0.25) is 0 Å². The Hall–Kier alpha value is -1.09. The lowest BCUT2D eigenvalue weighted by atomic mass is 9.98. The van der Waals surface area contributed by atoms with E-state index in [0.717, 1.165) is 31.2 Å². The maximum Gasteiger partial charge on any atom is 0.128 e. The Morgan fingerprint density at radius 3 is 2.84 bits per heavy atom. The SMILES string of the molecule is CCC1CCCN(c2ccc(CC(C)N)cn2)CC1. The molecule has 0 saturated carbocycles.